The van der Waals surface area contributed by atoms with Crippen molar-refractivity contribution in [2.75, 3.05) is 14.2 Å². The zero-order chi connectivity index (χ0) is 18.2. The second-order valence-corrected chi connectivity index (χ2v) is 5.75. The van der Waals surface area contributed by atoms with E-state index in [1.165, 1.54) is 0 Å². The minimum absolute atomic E-state index is 0.503. The molecule has 0 spiro atoms. The Morgan fingerprint density at radius 1 is 0.538 bits per heavy atom. The number of benzene rings is 3. The molecule has 0 aliphatic rings. The first-order valence-corrected chi connectivity index (χ1v) is 8.38. The number of ether oxygens (including phenoxy) is 4. The highest BCUT2D eigenvalue weighted by Crippen LogP contribution is 2.20. The van der Waals surface area contributed by atoms with Gasteiger partial charge < -0.3 is 18.9 Å². The van der Waals surface area contributed by atoms with Crippen molar-refractivity contribution >= 4 is 0 Å². The second kappa shape index (κ2) is 8.81. The van der Waals surface area contributed by atoms with Crippen LogP contribution in [0.25, 0.3) is 0 Å². The maximum absolute atomic E-state index is 5.82. The molecule has 0 aliphatic heterocycles. The molecule has 0 N–H and O–H groups in total. The van der Waals surface area contributed by atoms with Gasteiger partial charge in [-0.25, -0.2) is 0 Å². The lowest BCUT2D eigenvalue weighted by molar-refractivity contribution is 0.299. The highest BCUT2D eigenvalue weighted by molar-refractivity contribution is 5.33. The summed E-state index contributed by atoms with van der Waals surface area (Å²) in [5.41, 5.74) is 2.19. The van der Waals surface area contributed by atoms with Gasteiger partial charge in [-0.3, -0.25) is 0 Å². The van der Waals surface area contributed by atoms with Gasteiger partial charge >= 0.3 is 0 Å². The molecule has 4 heteroatoms. The molecule has 0 aliphatic carbocycles. The van der Waals surface area contributed by atoms with E-state index in [0.717, 1.165) is 34.1 Å². The molecule has 0 heterocycles. The van der Waals surface area contributed by atoms with Crippen molar-refractivity contribution in [1.82, 2.24) is 0 Å². The Labute approximate surface area is 153 Å². The fraction of sp³-hybridized carbons (Fsp3) is 0.182. The van der Waals surface area contributed by atoms with E-state index in [-0.39, 0.29) is 0 Å². The first kappa shape index (κ1) is 17.7. The summed E-state index contributed by atoms with van der Waals surface area (Å²) in [4.78, 5) is 0. The fourth-order valence-electron chi connectivity index (χ4n) is 2.49. The Morgan fingerprint density at radius 2 is 0.923 bits per heavy atom. The molecule has 134 valence electrons. The zero-order valence-electron chi connectivity index (χ0n) is 15.0. The molecular weight excluding hydrogens is 328 g/mol. The minimum Gasteiger partial charge on any atom is -0.497 e. The molecule has 4 nitrogen and oxygen atoms in total. The highest BCUT2D eigenvalue weighted by atomic mass is 16.5. The predicted octanol–water partition coefficient (Wildman–Crippen LogP) is 4.86. The summed E-state index contributed by atoms with van der Waals surface area (Å²) in [6.45, 7) is 1.01. The van der Waals surface area contributed by atoms with Crippen LogP contribution >= 0.6 is 0 Å². The van der Waals surface area contributed by atoms with Gasteiger partial charge in [0.25, 0.3) is 0 Å². The molecule has 0 unspecified atom stereocenters. The topological polar surface area (TPSA) is 36.9 Å². The Kier molecular flexibility index (Phi) is 5.99. The Hall–Kier alpha value is -3.14. The minimum atomic E-state index is 0.503. The van der Waals surface area contributed by atoms with Crippen LogP contribution in [0.1, 0.15) is 11.1 Å². The molecule has 3 aromatic carbocycles. The van der Waals surface area contributed by atoms with E-state index in [0.29, 0.717) is 13.2 Å². The molecule has 3 rings (SSSR count). The fourth-order valence-corrected chi connectivity index (χ4v) is 2.49. The van der Waals surface area contributed by atoms with E-state index < -0.39 is 0 Å². The highest BCUT2D eigenvalue weighted by Gasteiger charge is 2.01. The van der Waals surface area contributed by atoms with Crippen LogP contribution in [-0.2, 0) is 13.2 Å². The van der Waals surface area contributed by atoms with E-state index in [1.807, 2.05) is 66.7 Å². The number of hydrogen-bond donors (Lipinski definition) is 0. The normalized spacial score (nSPS) is 10.2. The average molecular weight is 350 g/mol. The monoisotopic (exact) mass is 350 g/mol. The number of hydrogen-bond acceptors (Lipinski definition) is 4. The van der Waals surface area contributed by atoms with E-state index in [4.69, 9.17) is 18.9 Å². The summed E-state index contributed by atoms with van der Waals surface area (Å²) >= 11 is 0. The van der Waals surface area contributed by atoms with Crippen molar-refractivity contribution in [2.45, 2.75) is 13.2 Å². The van der Waals surface area contributed by atoms with Gasteiger partial charge in [-0.05, 0) is 65.7 Å². The molecule has 26 heavy (non-hydrogen) atoms. The summed E-state index contributed by atoms with van der Waals surface area (Å²) in [6.07, 6.45) is 0. The average Bonchev–Trinajstić information content (AvgIpc) is 2.72. The lowest BCUT2D eigenvalue weighted by Gasteiger charge is -2.10. The standard InChI is InChI=1S/C22H22O4/c1-23-19-6-10-21(11-7-19)25-15-17-4-3-5-18(14-17)16-26-22-12-8-20(24-2)9-13-22/h3-14H,15-16H2,1-2H3. The molecular formula is C22H22O4. The van der Waals surface area contributed by atoms with Crippen LogP contribution in [0.2, 0.25) is 0 Å². The van der Waals surface area contributed by atoms with E-state index in [2.05, 4.69) is 6.07 Å². The van der Waals surface area contributed by atoms with Gasteiger partial charge in [0, 0.05) is 0 Å². The predicted molar refractivity (Wildman–Crippen MR) is 101 cm³/mol. The van der Waals surface area contributed by atoms with Gasteiger partial charge in [-0.15, -0.1) is 0 Å². The van der Waals surface area contributed by atoms with Crippen molar-refractivity contribution in [3.8, 4) is 23.0 Å². The Balaban J connectivity index is 1.55. The summed E-state index contributed by atoms with van der Waals surface area (Å²) in [5, 5.41) is 0. The smallest absolute Gasteiger partial charge is 0.120 e. The number of rotatable bonds is 8. The van der Waals surface area contributed by atoms with Crippen molar-refractivity contribution < 1.29 is 18.9 Å². The largest absolute Gasteiger partial charge is 0.497 e. The molecule has 0 fully saturated rings. The van der Waals surface area contributed by atoms with Crippen molar-refractivity contribution in [3.63, 3.8) is 0 Å². The van der Waals surface area contributed by atoms with Crippen molar-refractivity contribution in [2.24, 2.45) is 0 Å². The summed E-state index contributed by atoms with van der Waals surface area (Å²) < 4.78 is 21.9. The maximum Gasteiger partial charge on any atom is 0.120 e. The van der Waals surface area contributed by atoms with Crippen LogP contribution < -0.4 is 18.9 Å². The van der Waals surface area contributed by atoms with Crippen molar-refractivity contribution in [3.05, 3.63) is 83.9 Å². The van der Waals surface area contributed by atoms with Gasteiger partial charge in [-0.2, -0.15) is 0 Å². The first-order chi connectivity index (χ1) is 12.8. The third kappa shape index (κ3) is 4.93. The van der Waals surface area contributed by atoms with Crippen LogP contribution in [0.15, 0.2) is 72.8 Å². The summed E-state index contributed by atoms with van der Waals surface area (Å²) in [5.74, 6) is 3.25. The molecule has 0 aromatic heterocycles. The summed E-state index contributed by atoms with van der Waals surface area (Å²) in [7, 11) is 3.30. The quantitative estimate of drug-likeness (QED) is 0.581. The van der Waals surface area contributed by atoms with Gasteiger partial charge in [0.1, 0.15) is 36.2 Å². The lowest BCUT2D eigenvalue weighted by Crippen LogP contribution is -1.99. The third-order valence-electron chi connectivity index (χ3n) is 3.92. The van der Waals surface area contributed by atoms with Gasteiger partial charge in [0.2, 0.25) is 0 Å². The third-order valence-corrected chi connectivity index (χ3v) is 3.92. The Morgan fingerprint density at radius 3 is 1.31 bits per heavy atom. The van der Waals surface area contributed by atoms with Crippen molar-refractivity contribution in [1.29, 1.82) is 0 Å². The van der Waals surface area contributed by atoms with Crippen LogP contribution in [0.4, 0.5) is 0 Å². The molecule has 0 bridgehead atoms. The number of methoxy groups -OCH3 is 2. The maximum atomic E-state index is 5.82. The van der Waals surface area contributed by atoms with E-state index >= 15 is 0 Å². The van der Waals surface area contributed by atoms with Crippen LogP contribution in [-0.4, -0.2) is 14.2 Å². The lowest BCUT2D eigenvalue weighted by atomic mass is 10.1. The van der Waals surface area contributed by atoms with Gasteiger partial charge in [0.15, 0.2) is 0 Å². The molecule has 3 aromatic rings. The van der Waals surface area contributed by atoms with Gasteiger partial charge in [0.05, 0.1) is 14.2 Å². The molecule has 0 amide bonds. The molecule has 0 atom stereocenters. The molecule has 0 saturated carbocycles. The van der Waals surface area contributed by atoms with E-state index in [9.17, 15) is 0 Å². The first-order valence-electron chi connectivity index (χ1n) is 8.38. The van der Waals surface area contributed by atoms with Crippen LogP contribution in [0.5, 0.6) is 23.0 Å². The summed E-state index contributed by atoms with van der Waals surface area (Å²) in [6, 6.07) is 23.3. The zero-order valence-corrected chi connectivity index (χ0v) is 15.0. The van der Waals surface area contributed by atoms with E-state index in [1.54, 1.807) is 14.2 Å². The molecule has 0 saturated heterocycles. The Bertz CT molecular complexity index is 744. The van der Waals surface area contributed by atoms with Crippen LogP contribution in [0.3, 0.4) is 0 Å². The van der Waals surface area contributed by atoms with Crippen LogP contribution in [0, 0.1) is 0 Å². The van der Waals surface area contributed by atoms with Gasteiger partial charge in [-0.1, -0.05) is 18.2 Å². The second-order valence-electron chi connectivity index (χ2n) is 5.75. The molecule has 0 radical (unpaired) electrons. The SMILES string of the molecule is COc1ccc(OCc2cccc(COc3ccc(OC)cc3)c2)cc1.